The van der Waals surface area contributed by atoms with E-state index in [1.54, 1.807) is 6.07 Å². The molecule has 1 spiro atoms. The Labute approximate surface area is 126 Å². The van der Waals surface area contributed by atoms with Gasteiger partial charge < -0.3 is 15.8 Å². The zero-order valence-electron chi connectivity index (χ0n) is 12.6. The number of benzene rings is 1. The lowest BCUT2D eigenvalue weighted by atomic mass is 9.60. The average Bonchev–Trinajstić information content (AvgIpc) is 2.99. The summed E-state index contributed by atoms with van der Waals surface area (Å²) in [6.07, 6.45) is 6.51. The second kappa shape index (κ2) is 5.68. The zero-order chi connectivity index (χ0) is 14.9. The van der Waals surface area contributed by atoms with Crippen LogP contribution in [0.3, 0.4) is 0 Å². The summed E-state index contributed by atoms with van der Waals surface area (Å²) < 4.78 is 5.93. The normalized spacial score (nSPS) is 26.5. The summed E-state index contributed by atoms with van der Waals surface area (Å²) in [6.45, 7) is 2.86. The average molecular weight is 288 g/mol. The molecule has 2 aliphatic carbocycles. The number of carbonyl (C=O) groups is 1. The summed E-state index contributed by atoms with van der Waals surface area (Å²) in [5.74, 6) is -0.380. The van der Waals surface area contributed by atoms with E-state index in [0.29, 0.717) is 23.1 Å². The molecule has 0 bridgehead atoms. The van der Waals surface area contributed by atoms with Crippen molar-refractivity contribution in [2.45, 2.75) is 51.2 Å². The van der Waals surface area contributed by atoms with E-state index in [2.05, 4.69) is 12.2 Å². The monoisotopic (exact) mass is 288 g/mol. The highest BCUT2D eigenvalue weighted by molar-refractivity contribution is 5.93. The highest BCUT2D eigenvalue weighted by Gasteiger charge is 2.56. The summed E-state index contributed by atoms with van der Waals surface area (Å²) in [5.41, 5.74) is 7.18. The van der Waals surface area contributed by atoms with E-state index in [0.717, 1.165) is 18.7 Å². The van der Waals surface area contributed by atoms with E-state index < -0.39 is 0 Å². The minimum Gasteiger partial charge on any atom is -0.382 e. The van der Waals surface area contributed by atoms with Gasteiger partial charge in [0.1, 0.15) is 0 Å². The minimum absolute atomic E-state index is 0.290. The van der Waals surface area contributed by atoms with Crippen molar-refractivity contribution in [3.63, 3.8) is 0 Å². The molecule has 4 heteroatoms. The van der Waals surface area contributed by atoms with Gasteiger partial charge in [-0.05, 0) is 44.4 Å². The van der Waals surface area contributed by atoms with Gasteiger partial charge in [0, 0.05) is 29.3 Å². The first-order chi connectivity index (χ1) is 10.2. The molecule has 1 amide bonds. The first-order valence-corrected chi connectivity index (χ1v) is 7.94. The number of rotatable bonds is 5. The molecule has 21 heavy (non-hydrogen) atoms. The number of hydrogen-bond acceptors (Lipinski definition) is 3. The van der Waals surface area contributed by atoms with Gasteiger partial charge in [0.2, 0.25) is 5.91 Å². The van der Waals surface area contributed by atoms with Crippen molar-refractivity contribution in [2.24, 2.45) is 11.1 Å². The second-order valence-electron chi connectivity index (χ2n) is 6.26. The van der Waals surface area contributed by atoms with Gasteiger partial charge in [-0.3, -0.25) is 4.79 Å². The minimum atomic E-state index is -0.380. The number of nitrogens with one attached hydrogen (secondary N) is 1. The van der Waals surface area contributed by atoms with Gasteiger partial charge in [-0.15, -0.1) is 0 Å². The van der Waals surface area contributed by atoms with Crippen LogP contribution in [0.5, 0.6) is 0 Å². The van der Waals surface area contributed by atoms with Crippen LogP contribution in [0.1, 0.15) is 49.4 Å². The van der Waals surface area contributed by atoms with Crippen molar-refractivity contribution in [1.29, 1.82) is 0 Å². The smallest absolute Gasteiger partial charge is 0.248 e. The molecule has 2 saturated carbocycles. The second-order valence-corrected chi connectivity index (χ2v) is 6.26. The number of ether oxygens (including phenoxy) is 1. The molecule has 2 unspecified atom stereocenters. The molecule has 2 atom stereocenters. The third-order valence-corrected chi connectivity index (χ3v) is 5.18. The first-order valence-electron chi connectivity index (χ1n) is 7.94. The van der Waals surface area contributed by atoms with Crippen LogP contribution in [0.2, 0.25) is 0 Å². The molecule has 2 aliphatic rings. The number of nitrogens with two attached hydrogens (primary N) is 1. The van der Waals surface area contributed by atoms with E-state index in [9.17, 15) is 4.79 Å². The standard InChI is InChI=1S/C17H24N2O2/c1-2-21-15-11-14(17(15)8-3-4-9-17)19-13-7-5-6-12(10-13)16(18)20/h5-7,10,14-15,19H,2-4,8-9,11H2,1H3,(H2,18,20). The first kappa shape index (κ1) is 14.4. The van der Waals surface area contributed by atoms with Gasteiger partial charge in [0.05, 0.1) is 6.10 Å². The number of primary amides is 1. The number of anilines is 1. The van der Waals surface area contributed by atoms with Gasteiger partial charge in [0.15, 0.2) is 0 Å². The lowest BCUT2D eigenvalue weighted by molar-refractivity contribution is -0.114. The van der Waals surface area contributed by atoms with E-state index in [4.69, 9.17) is 10.5 Å². The summed E-state index contributed by atoms with van der Waals surface area (Å²) in [7, 11) is 0. The van der Waals surface area contributed by atoms with Gasteiger partial charge in [0.25, 0.3) is 0 Å². The van der Waals surface area contributed by atoms with Crippen molar-refractivity contribution < 1.29 is 9.53 Å². The molecule has 0 saturated heterocycles. The third kappa shape index (κ3) is 2.53. The van der Waals surface area contributed by atoms with Crippen molar-refractivity contribution >= 4 is 11.6 Å². The van der Waals surface area contributed by atoms with E-state index >= 15 is 0 Å². The predicted molar refractivity (Wildman–Crippen MR) is 83.3 cm³/mol. The maximum Gasteiger partial charge on any atom is 0.248 e. The molecule has 0 heterocycles. The Morgan fingerprint density at radius 2 is 2.19 bits per heavy atom. The Hall–Kier alpha value is -1.55. The van der Waals surface area contributed by atoms with Crippen LogP contribution in [-0.2, 0) is 4.74 Å². The van der Waals surface area contributed by atoms with Crippen LogP contribution >= 0.6 is 0 Å². The molecule has 0 radical (unpaired) electrons. The van der Waals surface area contributed by atoms with Gasteiger partial charge in [-0.1, -0.05) is 18.9 Å². The lowest BCUT2D eigenvalue weighted by Crippen LogP contribution is -2.60. The fraction of sp³-hybridized carbons (Fsp3) is 0.588. The molecule has 3 N–H and O–H groups in total. The quantitative estimate of drug-likeness (QED) is 0.875. The van der Waals surface area contributed by atoms with Crippen LogP contribution < -0.4 is 11.1 Å². The van der Waals surface area contributed by atoms with Gasteiger partial charge in [-0.2, -0.15) is 0 Å². The highest BCUT2D eigenvalue weighted by atomic mass is 16.5. The topological polar surface area (TPSA) is 64.3 Å². The van der Waals surface area contributed by atoms with E-state index in [1.165, 1.54) is 25.7 Å². The highest BCUT2D eigenvalue weighted by Crippen LogP contribution is 2.55. The van der Waals surface area contributed by atoms with Crippen molar-refractivity contribution in [1.82, 2.24) is 0 Å². The number of amides is 1. The zero-order valence-corrected chi connectivity index (χ0v) is 12.6. The molecule has 0 aliphatic heterocycles. The van der Waals surface area contributed by atoms with Crippen LogP contribution in [0.25, 0.3) is 0 Å². The molecule has 1 aromatic carbocycles. The maximum atomic E-state index is 11.3. The summed E-state index contributed by atoms with van der Waals surface area (Å²) in [4.78, 5) is 11.3. The largest absolute Gasteiger partial charge is 0.382 e. The van der Waals surface area contributed by atoms with Crippen molar-refractivity contribution in [2.75, 3.05) is 11.9 Å². The Morgan fingerprint density at radius 1 is 1.43 bits per heavy atom. The fourth-order valence-corrected chi connectivity index (χ4v) is 4.05. The van der Waals surface area contributed by atoms with Crippen LogP contribution in [0, 0.1) is 5.41 Å². The Balaban J connectivity index is 1.73. The van der Waals surface area contributed by atoms with E-state index in [-0.39, 0.29) is 5.91 Å². The maximum absolute atomic E-state index is 11.3. The molecule has 1 aromatic rings. The SMILES string of the molecule is CCOC1CC(Nc2cccc(C(N)=O)c2)C12CCCC2. The summed E-state index contributed by atoms with van der Waals surface area (Å²) in [6, 6.07) is 7.92. The van der Waals surface area contributed by atoms with Crippen LogP contribution in [0.15, 0.2) is 24.3 Å². The predicted octanol–water partition coefficient (Wildman–Crippen LogP) is 2.94. The van der Waals surface area contributed by atoms with Gasteiger partial charge in [-0.25, -0.2) is 0 Å². The lowest BCUT2D eigenvalue weighted by Gasteiger charge is -2.54. The number of carbonyl (C=O) groups excluding carboxylic acids is 1. The van der Waals surface area contributed by atoms with Crippen molar-refractivity contribution in [3.05, 3.63) is 29.8 Å². The Kier molecular flexibility index (Phi) is 3.89. The molecular formula is C17H24N2O2. The molecule has 3 rings (SSSR count). The van der Waals surface area contributed by atoms with Crippen molar-refractivity contribution in [3.8, 4) is 0 Å². The molecular weight excluding hydrogens is 264 g/mol. The summed E-state index contributed by atoms with van der Waals surface area (Å²) >= 11 is 0. The van der Waals surface area contributed by atoms with E-state index in [1.807, 2.05) is 18.2 Å². The summed E-state index contributed by atoms with van der Waals surface area (Å²) in [5, 5.41) is 3.61. The number of hydrogen-bond donors (Lipinski definition) is 2. The Bertz CT molecular complexity index is 523. The molecule has 2 fully saturated rings. The van der Waals surface area contributed by atoms with Crippen LogP contribution in [-0.4, -0.2) is 24.7 Å². The molecule has 0 aromatic heterocycles. The third-order valence-electron chi connectivity index (χ3n) is 5.18. The Morgan fingerprint density at radius 3 is 2.86 bits per heavy atom. The van der Waals surface area contributed by atoms with Crippen LogP contribution in [0.4, 0.5) is 5.69 Å². The van der Waals surface area contributed by atoms with Gasteiger partial charge >= 0.3 is 0 Å². The molecule has 4 nitrogen and oxygen atoms in total. The molecule has 114 valence electrons. The fourth-order valence-electron chi connectivity index (χ4n) is 4.05.